The molecule has 1 N–H and O–H groups in total. The summed E-state index contributed by atoms with van der Waals surface area (Å²) in [5.74, 6) is -3.46. The van der Waals surface area contributed by atoms with E-state index in [4.69, 9.17) is 0 Å². The van der Waals surface area contributed by atoms with Gasteiger partial charge in [-0.25, -0.2) is 8.42 Å². The van der Waals surface area contributed by atoms with E-state index in [1.54, 1.807) is 0 Å². The lowest BCUT2D eigenvalue weighted by Crippen LogP contribution is -2.28. The van der Waals surface area contributed by atoms with Crippen molar-refractivity contribution in [3.8, 4) is 0 Å². The first-order valence-electron chi connectivity index (χ1n) is 6.65. The Hall–Kier alpha value is -1.68. The van der Waals surface area contributed by atoms with Crippen LogP contribution in [0, 0.1) is 0 Å². The summed E-state index contributed by atoms with van der Waals surface area (Å²) in [6, 6.07) is 4.98. The van der Waals surface area contributed by atoms with Crippen LogP contribution in [-0.2, 0) is 14.6 Å². The third-order valence-corrected chi connectivity index (χ3v) is 5.49. The molecule has 0 saturated carbocycles. The van der Waals surface area contributed by atoms with Crippen molar-refractivity contribution in [2.24, 2.45) is 0 Å². The predicted molar refractivity (Wildman–Crippen MR) is 82.3 cm³/mol. The smallest absolute Gasteiger partial charge is 0.332 e. The summed E-state index contributed by atoms with van der Waals surface area (Å²) in [5, 5.41) is 2.20. The van der Waals surface area contributed by atoms with Crippen LogP contribution in [0.15, 0.2) is 29.2 Å². The number of hydrogen-bond acceptors (Lipinski definition) is 5. The molecule has 1 aliphatic rings. The number of para-hydroxylation sites is 1. The minimum absolute atomic E-state index is 0.0463. The number of hydrogen-bond donors (Lipinski definition) is 1. The van der Waals surface area contributed by atoms with E-state index in [1.807, 2.05) is 0 Å². The molecule has 1 aromatic carbocycles. The van der Waals surface area contributed by atoms with Crippen LogP contribution in [0.25, 0.3) is 0 Å². The zero-order valence-electron chi connectivity index (χ0n) is 11.9. The topological polar surface area (TPSA) is 83.6 Å². The minimum atomic E-state index is -4.81. The Balaban J connectivity index is 2.05. The van der Waals surface area contributed by atoms with Gasteiger partial charge in [0.25, 0.3) is 5.24 Å². The van der Waals surface area contributed by atoms with Crippen molar-refractivity contribution in [2.45, 2.75) is 17.1 Å². The number of alkyl halides is 2. The highest BCUT2D eigenvalue weighted by molar-refractivity contribution is 8.13. The lowest BCUT2D eigenvalue weighted by molar-refractivity contribution is -0.116. The molecule has 10 heteroatoms. The predicted octanol–water partition coefficient (Wildman–Crippen LogP) is 2.18. The minimum Gasteiger partial charge on any atom is -0.332 e. The molecule has 126 valence electrons. The molecule has 0 aromatic heterocycles. The van der Waals surface area contributed by atoms with Gasteiger partial charge >= 0.3 is 5.76 Å². The fraction of sp³-hybridized carbons (Fsp3) is 0.385. The second kappa shape index (κ2) is 7.26. The van der Waals surface area contributed by atoms with Gasteiger partial charge in [0.2, 0.25) is 15.7 Å². The zero-order valence-corrected chi connectivity index (χ0v) is 13.5. The molecule has 2 rings (SSSR count). The molecule has 0 aliphatic carbocycles. The van der Waals surface area contributed by atoms with Crippen molar-refractivity contribution < 1.29 is 26.8 Å². The summed E-state index contributed by atoms with van der Waals surface area (Å²) in [4.78, 5) is 24.2. The number of amides is 2. The van der Waals surface area contributed by atoms with Gasteiger partial charge in [0.1, 0.15) is 0 Å². The molecule has 1 aromatic rings. The monoisotopic (exact) mass is 364 g/mol. The number of thioether (sulfide) groups is 1. The van der Waals surface area contributed by atoms with Crippen LogP contribution in [0.4, 0.5) is 19.3 Å². The highest BCUT2D eigenvalue weighted by atomic mass is 32.2. The van der Waals surface area contributed by atoms with Gasteiger partial charge < -0.3 is 10.2 Å². The third kappa shape index (κ3) is 4.20. The maximum atomic E-state index is 12.7. The van der Waals surface area contributed by atoms with Gasteiger partial charge in [-0.15, -0.1) is 0 Å². The summed E-state index contributed by atoms with van der Waals surface area (Å²) >= 11 is 1.16. The van der Waals surface area contributed by atoms with Crippen molar-refractivity contribution in [3.05, 3.63) is 24.3 Å². The van der Waals surface area contributed by atoms with E-state index in [0.29, 0.717) is 12.3 Å². The second-order valence-corrected chi connectivity index (χ2v) is 7.63. The van der Waals surface area contributed by atoms with Gasteiger partial charge in [0.15, 0.2) is 0 Å². The average molecular weight is 364 g/mol. The fourth-order valence-corrected chi connectivity index (χ4v) is 3.73. The Morgan fingerprint density at radius 3 is 2.65 bits per heavy atom. The number of benzene rings is 1. The summed E-state index contributed by atoms with van der Waals surface area (Å²) in [5.41, 5.74) is -0.195. The van der Waals surface area contributed by atoms with Crippen LogP contribution in [0.2, 0.25) is 0 Å². The van der Waals surface area contributed by atoms with Gasteiger partial charge in [0, 0.05) is 25.3 Å². The van der Waals surface area contributed by atoms with Crippen molar-refractivity contribution >= 4 is 38.4 Å². The maximum absolute atomic E-state index is 12.7. The Morgan fingerprint density at radius 1 is 1.35 bits per heavy atom. The Morgan fingerprint density at radius 2 is 2.04 bits per heavy atom. The zero-order chi connectivity index (χ0) is 17.0. The van der Waals surface area contributed by atoms with E-state index in [0.717, 1.165) is 17.8 Å². The molecule has 0 unspecified atom stereocenters. The third-order valence-electron chi connectivity index (χ3n) is 3.16. The fourth-order valence-electron chi connectivity index (χ4n) is 1.99. The number of anilines is 1. The number of carbonyl (C=O) groups excluding carboxylic acids is 2. The van der Waals surface area contributed by atoms with Gasteiger partial charge in [0.05, 0.1) is 10.6 Å². The molecule has 1 saturated heterocycles. The maximum Gasteiger partial charge on any atom is 0.341 e. The van der Waals surface area contributed by atoms with Crippen LogP contribution in [-0.4, -0.2) is 49.1 Å². The van der Waals surface area contributed by atoms with Gasteiger partial charge in [-0.1, -0.05) is 23.9 Å². The second-order valence-electron chi connectivity index (χ2n) is 4.70. The summed E-state index contributed by atoms with van der Waals surface area (Å²) in [7, 11) is -4.81. The SMILES string of the molecule is O=C(CCN1CCSC1=O)Nc1ccccc1S(=O)(=O)C(F)F. The number of carbonyl (C=O) groups is 2. The number of nitrogens with one attached hydrogen (secondary N) is 1. The Bertz CT molecular complexity index is 710. The van der Waals surface area contributed by atoms with E-state index in [2.05, 4.69) is 5.32 Å². The number of halogens is 2. The van der Waals surface area contributed by atoms with E-state index in [-0.39, 0.29) is 23.9 Å². The van der Waals surface area contributed by atoms with Crippen LogP contribution >= 0.6 is 11.8 Å². The van der Waals surface area contributed by atoms with Crippen LogP contribution in [0.3, 0.4) is 0 Å². The molecule has 0 bridgehead atoms. The van der Waals surface area contributed by atoms with E-state index < -0.39 is 26.4 Å². The molecular formula is C13H14F2N2O4S2. The summed E-state index contributed by atoms with van der Waals surface area (Å²) in [6.45, 7) is 0.745. The van der Waals surface area contributed by atoms with Crippen LogP contribution in [0.5, 0.6) is 0 Å². The van der Waals surface area contributed by atoms with Crippen molar-refractivity contribution in [1.29, 1.82) is 0 Å². The van der Waals surface area contributed by atoms with Gasteiger partial charge in [-0.3, -0.25) is 9.59 Å². The molecule has 23 heavy (non-hydrogen) atoms. The van der Waals surface area contributed by atoms with Crippen molar-refractivity contribution in [2.75, 3.05) is 24.2 Å². The van der Waals surface area contributed by atoms with Gasteiger partial charge in [-0.05, 0) is 12.1 Å². The molecule has 2 amide bonds. The first kappa shape index (κ1) is 17.7. The molecule has 0 spiro atoms. The number of rotatable bonds is 6. The van der Waals surface area contributed by atoms with E-state index >= 15 is 0 Å². The Labute approximate surface area is 136 Å². The normalized spacial score (nSPS) is 15.3. The lowest BCUT2D eigenvalue weighted by atomic mass is 10.3. The largest absolute Gasteiger partial charge is 0.341 e. The average Bonchev–Trinajstić information content (AvgIpc) is 2.90. The van der Waals surface area contributed by atoms with Gasteiger partial charge in [-0.2, -0.15) is 8.78 Å². The number of nitrogens with zero attached hydrogens (tertiary/aromatic N) is 1. The molecule has 6 nitrogen and oxygen atoms in total. The first-order valence-corrected chi connectivity index (χ1v) is 9.18. The lowest BCUT2D eigenvalue weighted by Gasteiger charge is -2.15. The van der Waals surface area contributed by atoms with Crippen molar-refractivity contribution in [1.82, 2.24) is 4.90 Å². The highest BCUT2D eigenvalue weighted by Gasteiger charge is 2.29. The number of sulfone groups is 1. The molecular weight excluding hydrogens is 350 g/mol. The molecule has 0 radical (unpaired) electrons. The first-order chi connectivity index (χ1) is 10.8. The molecule has 1 heterocycles. The molecule has 1 aliphatic heterocycles. The Kier molecular flexibility index (Phi) is 5.58. The highest BCUT2D eigenvalue weighted by Crippen LogP contribution is 2.26. The quantitative estimate of drug-likeness (QED) is 0.836. The summed E-state index contributed by atoms with van der Waals surface area (Å²) in [6.07, 6.45) is -0.0463. The summed E-state index contributed by atoms with van der Waals surface area (Å²) < 4.78 is 48.5. The van der Waals surface area contributed by atoms with E-state index in [1.165, 1.54) is 23.1 Å². The van der Waals surface area contributed by atoms with Crippen LogP contribution in [0.1, 0.15) is 6.42 Å². The van der Waals surface area contributed by atoms with Crippen molar-refractivity contribution in [3.63, 3.8) is 0 Å². The molecule has 1 fully saturated rings. The van der Waals surface area contributed by atoms with E-state index in [9.17, 15) is 26.8 Å². The van der Waals surface area contributed by atoms with Crippen LogP contribution < -0.4 is 5.32 Å². The molecule has 0 atom stereocenters. The standard InChI is InChI=1S/C13H14F2N2O4S2/c14-12(15)23(20,21)10-4-2-1-3-9(10)16-11(18)5-6-17-7-8-22-13(17)19/h1-4,12H,5-8H2,(H,16,18).